The third-order valence-corrected chi connectivity index (χ3v) is 2.22. The van der Waals surface area contributed by atoms with Crippen LogP contribution in [0, 0.1) is 0 Å². The zero-order valence-corrected chi connectivity index (χ0v) is 11.1. The average Bonchev–Trinajstić information content (AvgIpc) is 2.33. The van der Waals surface area contributed by atoms with E-state index in [-0.39, 0.29) is 13.2 Å². The fourth-order valence-electron chi connectivity index (χ4n) is 1.26. The predicted octanol–water partition coefficient (Wildman–Crippen LogP) is 3.67. The van der Waals surface area contributed by atoms with E-state index in [0.29, 0.717) is 0 Å². The predicted molar refractivity (Wildman–Crippen MR) is 71.6 cm³/mol. The van der Waals surface area contributed by atoms with Crippen LogP contribution in [0.4, 0.5) is 0 Å². The minimum Gasteiger partial charge on any atom is -0.394 e. The summed E-state index contributed by atoms with van der Waals surface area (Å²) >= 11 is 0. The number of aliphatic hydroxyl groups is 2. The lowest BCUT2D eigenvalue weighted by atomic mass is 10.1. The normalized spacial score (nSPS) is 10.2. The largest absolute Gasteiger partial charge is 0.394 e. The Hall–Kier alpha value is -0.340. The Morgan fingerprint density at radius 3 is 1.31 bits per heavy atom. The molecule has 16 heavy (non-hydrogen) atoms. The Morgan fingerprint density at radius 2 is 1.06 bits per heavy atom. The molecule has 0 aromatic rings. The number of hydrogen-bond acceptors (Lipinski definition) is 2. The summed E-state index contributed by atoms with van der Waals surface area (Å²) in [5, 5.41) is 15.2. The maximum Gasteiger partial charge on any atom is 0.0662 e. The molecule has 0 aliphatic rings. The molecule has 2 N–H and O–H groups in total. The minimum absolute atomic E-state index is 0.125. The van der Waals surface area contributed by atoms with Gasteiger partial charge in [-0.1, -0.05) is 51.7 Å². The monoisotopic (exact) mass is 230 g/mol. The van der Waals surface area contributed by atoms with Crippen LogP contribution in [0.3, 0.4) is 0 Å². The second kappa shape index (κ2) is 20.1. The quantitative estimate of drug-likeness (QED) is 0.468. The van der Waals surface area contributed by atoms with Gasteiger partial charge in [-0.3, -0.25) is 0 Å². The first-order valence-electron chi connectivity index (χ1n) is 6.70. The van der Waals surface area contributed by atoms with Crippen molar-refractivity contribution in [3.63, 3.8) is 0 Å². The number of aliphatic hydroxyl groups excluding tert-OH is 2. The highest BCUT2D eigenvalue weighted by atomic mass is 16.3. The van der Waals surface area contributed by atoms with Gasteiger partial charge in [0.25, 0.3) is 0 Å². The number of unbranched alkanes of at least 4 members (excludes halogenated alkanes) is 6. The topological polar surface area (TPSA) is 40.5 Å². The zero-order valence-electron chi connectivity index (χ0n) is 11.1. The van der Waals surface area contributed by atoms with Gasteiger partial charge in [0.2, 0.25) is 0 Å². The summed E-state index contributed by atoms with van der Waals surface area (Å²) in [4.78, 5) is 0. The van der Waals surface area contributed by atoms with Crippen LogP contribution in [-0.2, 0) is 0 Å². The van der Waals surface area contributed by atoms with Crippen LogP contribution in [0.5, 0.6) is 0 Å². The van der Waals surface area contributed by atoms with Gasteiger partial charge in [-0.2, -0.15) is 0 Å². The zero-order chi connectivity index (χ0) is 12.5. The van der Waals surface area contributed by atoms with E-state index in [0.717, 1.165) is 0 Å². The van der Waals surface area contributed by atoms with Gasteiger partial charge in [-0.05, 0) is 25.7 Å². The molecule has 0 amide bonds. The van der Waals surface area contributed by atoms with Crippen molar-refractivity contribution in [2.24, 2.45) is 0 Å². The lowest BCUT2D eigenvalue weighted by Gasteiger charge is -1.93. The molecule has 0 unspecified atom stereocenters. The maximum absolute atomic E-state index is 7.62. The molecule has 0 aromatic heterocycles. The molecule has 0 aliphatic carbocycles. The van der Waals surface area contributed by atoms with Gasteiger partial charge in [0, 0.05) is 0 Å². The van der Waals surface area contributed by atoms with E-state index in [1.807, 2.05) is 0 Å². The maximum atomic E-state index is 7.62. The van der Waals surface area contributed by atoms with Crippen LogP contribution in [0.2, 0.25) is 0 Å². The second-order valence-corrected chi connectivity index (χ2v) is 3.91. The molecular weight excluding hydrogens is 200 g/mol. The lowest BCUT2D eigenvalue weighted by Crippen LogP contribution is -1.85. The van der Waals surface area contributed by atoms with Gasteiger partial charge < -0.3 is 10.2 Å². The molecule has 0 spiro atoms. The summed E-state index contributed by atoms with van der Waals surface area (Å²) in [6.45, 7) is 4.26. The van der Waals surface area contributed by atoms with E-state index >= 15 is 0 Å². The smallest absolute Gasteiger partial charge is 0.0662 e. The van der Waals surface area contributed by atoms with Crippen LogP contribution in [0.1, 0.15) is 65.2 Å². The first kappa shape index (κ1) is 18.0. The minimum atomic E-state index is -0.125. The lowest BCUT2D eigenvalue weighted by molar-refractivity contribution is 0.186. The van der Waals surface area contributed by atoms with Crippen molar-refractivity contribution in [2.75, 3.05) is 13.2 Å². The molecular formula is C14H30O2. The van der Waals surface area contributed by atoms with Crippen LogP contribution < -0.4 is 0 Å². The van der Waals surface area contributed by atoms with E-state index in [1.165, 1.54) is 51.4 Å². The van der Waals surface area contributed by atoms with Crippen LogP contribution >= 0.6 is 0 Å². The third-order valence-electron chi connectivity index (χ3n) is 2.22. The van der Waals surface area contributed by atoms with E-state index in [1.54, 1.807) is 0 Å². The van der Waals surface area contributed by atoms with Gasteiger partial charge in [-0.15, -0.1) is 0 Å². The molecule has 0 saturated heterocycles. The molecule has 0 fully saturated rings. The Morgan fingerprint density at radius 1 is 0.688 bits per heavy atom. The Bertz CT molecular complexity index is 108. The van der Waals surface area contributed by atoms with E-state index < -0.39 is 0 Å². The van der Waals surface area contributed by atoms with Crippen LogP contribution in [0.25, 0.3) is 0 Å². The fourth-order valence-corrected chi connectivity index (χ4v) is 1.26. The van der Waals surface area contributed by atoms with Gasteiger partial charge in [0.1, 0.15) is 0 Å². The van der Waals surface area contributed by atoms with Crippen molar-refractivity contribution in [1.82, 2.24) is 0 Å². The molecule has 2 heteroatoms. The molecule has 0 atom stereocenters. The van der Waals surface area contributed by atoms with Gasteiger partial charge in [-0.25, -0.2) is 0 Å². The van der Waals surface area contributed by atoms with Crippen LogP contribution in [0.15, 0.2) is 12.2 Å². The first-order chi connectivity index (χ1) is 7.83. The van der Waals surface area contributed by atoms with Gasteiger partial charge in [0.15, 0.2) is 0 Å². The molecule has 98 valence electrons. The van der Waals surface area contributed by atoms with Crippen molar-refractivity contribution in [3.05, 3.63) is 12.2 Å². The van der Waals surface area contributed by atoms with Gasteiger partial charge in [0.05, 0.1) is 13.2 Å². The van der Waals surface area contributed by atoms with Crippen molar-refractivity contribution in [3.8, 4) is 0 Å². The van der Waals surface area contributed by atoms with Gasteiger partial charge >= 0.3 is 0 Å². The molecule has 0 radical (unpaired) electrons. The number of rotatable bonds is 9. The Balaban J connectivity index is 0. The SMILES string of the molecule is CCCCC/C=C/CCCCC.OCCO. The summed E-state index contributed by atoms with van der Waals surface area (Å²) in [5.74, 6) is 0. The summed E-state index contributed by atoms with van der Waals surface area (Å²) in [6.07, 6.45) is 15.5. The molecule has 2 nitrogen and oxygen atoms in total. The standard InChI is InChI=1S/C12H24.C2H6O2/c1-3-5-7-9-11-12-10-8-6-4-2;3-1-2-4/h11-12H,3-10H2,1-2H3;3-4H,1-2H2/b12-11+;. The molecule has 0 saturated carbocycles. The van der Waals surface area contributed by atoms with E-state index in [9.17, 15) is 0 Å². The second-order valence-electron chi connectivity index (χ2n) is 3.91. The summed E-state index contributed by atoms with van der Waals surface area (Å²) in [7, 11) is 0. The first-order valence-corrected chi connectivity index (χ1v) is 6.70. The average molecular weight is 230 g/mol. The third kappa shape index (κ3) is 23.5. The van der Waals surface area contributed by atoms with Crippen molar-refractivity contribution < 1.29 is 10.2 Å². The Labute approximate surface area is 101 Å². The molecule has 0 heterocycles. The fraction of sp³-hybridized carbons (Fsp3) is 0.857. The number of hydrogen-bond donors (Lipinski definition) is 2. The van der Waals surface area contributed by atoms with Crippen molar-refractivity contribution in [1.29, 1.82) is 0 Å². The Kier molecular flexibility index (Phi) is 22.7. The molecule has 0 bridgehead atoms. The van der Waals surface area contributed by atoms with E-state index in [2.05, 4.69) is 26.0 Å². The highest BCUT2D eigenvalue weighted by molar-refractivity contribution is 4.81. The van der Waals surface area contributed by atoms with E-state index in [4.69, 9.17) is 10.2 Å². The molecule has 0 rings (SSSR count). The van der Waals surface area contributed by atoms with Crippen molar-refractivity contribution >= 4 is 0 Å². The van der Waals surface area contributed by atoms with Crippen LogP contribution in [-0.4, -0.2) is 23.4 Å². The highest BCUT2D eigenvalue weighted by Gasteiger charge is 1.83. The summed E-state index contributed by atoms with van der Waals surface area (Å²) in [5.41, 5.74) is 0. The summed E-state index contributed by atoms with van der Waals surface area (Å²) in [6, 6.07) is 0. The number of allylic oxidation sites excluding steroid dienone is 2. The molecule has 0 aliphatic heterocycles. The van der Waals surface area contributed by atoms with Crippen molar-refractivity contribution in [2.45, 2.75) is 65.2 Å². The summed E-state index contributed by atoms with van der Waals surface area (Å²) < 4.78 is 0. The highest BCUT2D eigenvalue weighted by Crippen LogP contribution is 2.03. The molecule has 0 aromatic carbocycles.